The summed E-state index contributed by atoms with van der Waals surface area (Å²) < 4.78 is 0. The number of rotatable bonds is 4. The first-order chi connectivity index (χ1) is 11.0. The second kappa shape index (κ2) is 5.96. The Morgan fingerprint density at radius 2 is 1.74 bits per heavy atom. The number of hydrogen-bond acceptors (Lipinski definition) is 5. The SMILES string of the molecule is Cc1cc(CCC(=O)ON2C(=O)c3ccccc3C2=O)c(C)s1. The maximum atomic E-state index is 12.1. The van der Waals surface area contributed by atoms with E-state index in [0.717, 1.165) is 10.4 Å². The number of amides is 2. The van der Waals surface area contributed by atoms with E-state index in [0.29, 0.717) is 11.5 Å². The van der Waals surface area contributed by atoms with Crippen LogP contribution in [0.4, 0.5) is 0 Å². The number of carbonyl (C=O) groups excluding carboxylic acids is 3. The van der Waals surface area contributed by atoms with Gasteiger partial charge in [-0.2, -0.15) is 0 Å². The minimum atomic E-state index is -0.596. The number of hydrogen-bond donors (Lipinski definition) is 0. The van der Waals surface area contributed by atoms with Crippen LogP contribution in [0.2, 0.25) is 0 Å². The van der Waals surface area contributed by atoms with E-state index in [-0.39, 0.29) is 17.5 Å². The summed E-state index contributed by atoms with van der Waals surface area (Å²) in [7, 11) is 0. The summed E-state index contributed by atoms with van der Waals surface area (Å²) in [5.41, 5.74) is 1.61. The van der Waals surface area contributed by atoms with Crippen LogP contribution in [0.5, 0.6) is 0 Å². The maximum absolute atomic E-state index is 12.1. The quantitative estimate of drug-likeness (QED) is 0.809. The molecule has 2 heterocycles. The van der Waals surface area contributed by atoms with Crippen molar-refractivity contribution >= 4 is 29.1 Å². The second-order valence-electron chi connectivity index (χ2n) is 5.35. The van der Waals surface area contributed by atoms with E-state index in [4.69, 9.17) is 4.84 Å². The summed E-state index contributed by atoms with van der Waals surface area (Å²) in [5.74, 6) is -1.79. The Kier molecular flexibility index (Phi) is 4.00. The number of imide groups is 1. The van der Waals surface area contributed by atoms with Crippen molar-refractivity contribution < 1.29 is 19.2 Å². The highest BCUT2D eigenvalue weighted by atomic mass is 32.1. The minimum Gasteiger partial charge on any atom is -0.330 e. The van der Waals surface area contributed by atoms with E-state index in [1.54, 1.807) is 35.6 Å². The van der Waals surface area contributed by atoms with Crippen molar-refractivity contribution in [3.63, 3.8) is 0 Å². The fourth-order valence-electron chi connectivity index (χ4n) is 2.57. The molecule has 0 saturated heterocycles. The third-order valence-electron chi connectivity index (χ3n) is 3.69. The van der Waals surface area contributed by atoms with Gasteiger partial charge in [0.2, 0.25) is 0 Å². The summed E-state index contributed by atoms with van der Waals surface area (Å²) in [6.07, 6.45) is 0.641. The van der Waals surface area contributed by atoms with Crippen molar-refractivity contribution in [3.8, 4) is 0 Å². The van der Waals surface area contributed by atoms with Crippen molar-refractivity contribution in [2.24, 2.45) is 0 Å². The number of nitrogens with zero attached hydrogens (tertiary/aromatic N) is 1. The zero-order chi connectivity index (χ0) is 16.6. The maximum Gasteiger partial charge on any atom is 0.333 e. The Morgan fingerprint density at radius 3 is 2.26 bits per heavy atom. The molecular weight excluding hydrogens is 314 g/mol. The van der Waals surface area contributed by atoms with Crippen LogP contribution in [0, 0.1) is 13.8 Å². The van der Waals surface area contributed by atoms with Gasteiger partial charge in [-0.1, -0.05) is 17.2 Å². The lowest BCUT2D eigenvalue weighted by Gasteiger charge is -2.12. The van der Waals surface area contributed by atoms with Crippen molar-refractivity contribution in [1.82, 2.24) is 5.06 Å². The molecule has 0 aliphatic carbocycles. The van der Waals surface area contributed by atoms with Gasteiger partial charge in [0.15, 0.2) is 0 Å². The van der Waals surface area contributed by atoms with Gasteiger partial charge in [-0.15, -0.1) is 11.3 Å². The van der Waals surface area contributed by atoms with Crippen molar-refractivity contribution in [2.75, 3.05) is 0 Å². The van der Waals surface area contributed by atoms with Crippen molar-refractivity contribution in [1.29, 1.82) is 0 Å². The highest BCUT2D eigenvalue weighted by Crippen LogP contribution is 2.24. The zero-order valence-corrected chi connectivity index (χ0v) is 13.6. The molecule has 6 heteroatoms. The molecule has 0 N–H and O–H groups in total. The van der Waals surface area contributed by atoms with E-state index >= 15 is 0 Å². The lowest BCUT2D eigenvalue weighted by atomic mass is 10.1. The standard InChI is InChI=1S/C17H15NO4S/c1-10-9-12(11(2)23-10)7-8-15(19)22-18-16(20)13-5-3-4-6-14(13)17(18)21/h3-6,9H,7-8H2,1-2H3. The van der Waals surface area contributed by atoms with E-state index < -0.39 is 17.8 Å². The van der Waals surface area contributed by atoms with Gasteiger partial charge >= 0.3 is 5.97 Å². The molecule has 0 saturated carbocycles. The Morgan fingerprint density at radius 1 is 1.13 bits per heavy atom. The zero-order valence-electron chi connectivity index (χ0n) is 12.8. The van der Waals surface area contributed by atoms with Gasteiger partial charge in [0.25, 0.3) is 11.8 Å². The Balaban J connectivity index is 1.64. The molecule has 3 rings (SSSR count). The van der Waals surface area contributed by atoms with Crippen LogP contribution in [0.3, 0.4) is 0 Å². The average Bonchev–Trinajstić information content (AvgIpc) is 2.97. The fraction of sp³-hybridized carbons (Fsp3) is 0.235. The van der Waals surface area contributed by atoms with Crippen LogP contribution in [0.1, 0.15) is 42.5 Å². The van der Waals surface area contributed by atoms with Crippen molar-refractivity contribution in [3.05, 3.63) is 56.8 Å². The number of thiophene rings is 1. The van der Waals surface area contributed by atoms with Crippen molar-refractivity contribution in [2.45, 2.75) is 26.7 Å². The topological polar surface area (TPSA) is 63.7 Å². The molecule has 1 aliphatic heterocycles. The molecule has 23 heavy (non-hydrogen) atoms. The number of benzene rings is 1. The molecule has 0 spiro atoms. The largest absolute Gasteiger partial charge is 0.333 e. The van der Waals surface area contributed by atoms with Crippen LogP contribution >= 0.6 is 11.3 Å². The molecule has 0 bridgehead atoms. The molecular formula is C17H15NO4S. The van der Waals surface area contributed by atoms with Crippen LogP contribution in [-0.2, 0) is 16.1 Å². The van der Waals surface area contributed by atoms with E-state index in [9.17, 15) is 14.4 Å². The molecule has 5 nitrogen and oxygen atoms in total. The highest BCUT2D eigenvalue weighted by molar-refractivity contribution is 7.12. The summed E-state index contributed by atoms with van der Waals surface area (Å²) in [4.78, 5) is 43.5. The lowest BCUT2D eigenvalue weighted by molar-refractivity contribution is -0.168. The lowest BCUT2D eigenvalue weighted by Crippen LogP contribution is -2.32. The molecule has 2 aromatic rings. The smallest absolute Gasteiger partial charge is 0.330 e. The Hall–Kier alpha value is -2.47. The molecule has 0 unspecified atom stereocenters. The van der Waals surface area contributed by atoms with Gasteiger partial charge in [-0.3, -0.25) is 9.59 Å². The molecule has 2 amide bonds. The molecule has 1 aromatic carbocycles. The van der Waals surface area contributed by atoms with E-state index in [2.05, 4.69) is 0 Å². The predicted octanol–water partition coefficient (Wildman–Crippen LogP) is 3.05. The van der Waals surface area contributed by atoms with E-state index in [1.807, 2.05) is 19.9 Å². The van der Waals surface area contributed by atoms with Crippen LogP contribution in [-0.4, -0.2) is 22.8 Å². The summed E-state index contributed by atoms with van der Waals surface area (Å²) in [5, 5.41) is 0.554. The molecule has 0 atom stereocenters. The average molecular weight is 329 g/mol. The normalized spacial score (nSPS) is 13.4. The first-order valence-electron chi connectivity index (χ1n) is 7.22. The summed E-state index contributed by atoms with van der Waals surface area (Å²) in [6.45, 7) is 4.01. The van der Waals surface area contributed by atoms with Gasteiger partial charge < -0.3 is 4.84 Å². The molecule has 0 fully saturated rings. The second-order valence-corrected chi connectivity index (χ2v) is 6.81. The fourth-order valence-corrected chi connectivity index (χ4v) is 3.54. The number of aryl methyl sites for hydroxylation is 3. The summed E-state index contributed by atoms with van der Waals surface area (Å²) in [6, 6.07) is 8.45. The molecule has 1 aromatic heterocycles. The van der Waals surface area contributed by atoms with Gasteiger partial charge in [0, 0.05) is 9.75 Å². The molecule has 118 valence electrons. The van der Waals surface area contributed by atoms with Gasteiger partial charge in [-0.05, 0) is 44.0 Å². The van der Waals surface area contributed by atoms with Crippen LogP contribution < -0.4 is 0 Å². The monoisotopic (exact) mass is 329 g/mol. The Labute approximate surface area is 137 Å². The third-order valence-corrected chi connectivity index (χ3v) is 4.70. The summed E-state index contributed by atoms with van der Waals surface area (Å²) >= 11 is 1.68. The van der Waals surface area contributed by atoms with Gasteiger partial charge in [-0.25, -0.2) is 4.79 Å². The first-order valence-corrected chi connectivity index (χ1v) is 8.03. The third kappa shape index (κ3) is 2.90. The number of hydroxylamine groups is 2. The van der Waals surface area contributed by atoms with Crippen LogP contribution in [0.15, 0.2) is 30.3 Å². The van der Waals surface area contributed by atoms with E-state index in [1.165, 1.54) is 4.88 Å². The first kappa shape index (κ1) is 15.4. The number of fused-ring (bicyclic) bond motifs is 1. The highest BCUT2D eigenvalue weighted by Gasteiger charge is 2.38. The van der Waals surface area contributed by atoms with Gasteiger partial charge in [0.1, 0.15) is 0 Å². The number of carbonyl (C=O) groups is 3. The minimum absolute atomic E-state index is 0.115. The Bertz CT molecular complexity index is 774. The molecule has 0 radical (unpaired) electrons. The van der Waals surface area contributed by atoms with Gasteiger partial charge in [0.05, 0.1) is 17.5 Å². The van der Waals surface area contributed by atoms with Crippen LogP contribution in [0.25, 0.3) is 0 Å². The molecule has 1 aliphatic rings. The predicted molar refractivity (Wildman–Crippen MR) is 85.1 cm³/mol.